The van der Waals surface area contributed by atoms with Gasteiger partial charge in [-0.2, -0.15) is 15.3 Å². The number of Topliss-reactive ketones (excluding diaryl/α,β-unsaturated/α-hetero) is 3. The number of rotatable bonds is 8. The number of nitrogens with zero attached hydrogens (tertiary/aromatic N) is 5. The van der Waals surface area contributed by atoms with Crippen LogP contribution in [0.1, 0.15) is 243 Å². The molecule has 3 heterocycles. The van der Waals surface area contributed by atoms with Gasteiger partial charge in [-0.3, -0.25) is 28.8 Å². The molecule has 24 atom stereocenters. The number of carbonyl (C=O) groups excluding carboxylic acids is 3. The van der Waals surface area contributed by atoms with Crippen LogP contribution < -0.4 is 0 Å². The van der Waals surface area contributed by atoms with E-state index in [-0.39, 0.29) is 77.7 Å². The van der Waals surface area contributed by atoms with Gasteiger partial charge < -0.3 is 15.3 Å². The second-order valence-electron chi connectivity index (χ2n) is 38.8. The van der Waals surface area contributed by atoms with Crippen LogP contribution >= 0.6 is 15.9 Å². The molecule has 18 rings (SSSR count). The Morgan fingerprint density at radius 3 is 1.33 bits per heavy atom. The lowest BCUT2D eigenvalue weighted by Gasteiger charge is -2.61. The summed E-state index contributed by atoms with van der Waals surface area (Å²) in [5, 5.41) is 50.6. The number of benzene rings is 3. The monoisotopic (exact) mass is 1490 g/mol. The van der Waals surface area contributed by atoms with E-state index in [1.807, 2.05) is 27.0 Å². The van der Waals surface area contributed by atoms with Crippen molar-refractivity contribution < 1.29 is 42.9 Å². The van der Waals surface area contributed by atoms with Crippen molar-refractivity contribution >= 4 is 66.0 Å². The Morgan fingerprint density at radius 1 is 0.462 bits per heavy atom. The summed E-state index contributed by atoms with van der Waals surface area (Å²) in [6.07, 6.45) is 36.0. The maximum Gasteiger partial charge on any atom is 0.157 e. The van der Waals surface area contributed by atoms with E-state index in [1.54, 1.807) is 40.0 Å². The van der Waals surface area contributed by atoms with Crippen LogP contribution in [-0.2, 0) is 27.5 Å². The molecule has 0 radical (unpaired) electrons. The quantitative estimate of drug-likeness (QED) is 0.108. The maximum atomic E-state index is 13.8. The van der Waals surface area contributed by atoms with Gasteiger partial charge in [-0.1, -0.05) is 64.9 Å². The normalized spacial score (nSPS) is 42.9. The van der Waals surface area contributed by atoms with Crippen LogP contribution in [0.4, 0.5) is 13.2 Å². The maximum absolute atomic E-state index is 13.8. The van der Waals surface area contributed by atoms with E-state index in [2.05, 4.69) is 77.9 Å². The van der Waals surface area contributed by atoms with Crippen molar-refractivity contribution in [1.82, 2.24) is 29.8 Å². The Labute approximate surface area is 625 Å². The Morgan fingerprint density at radius 2 is 0.865 bits per heavy atom. The lowest BCUT2D eigenvalue weighted by atomic mass is 9.44. The SMILES string of the molecule is C.C[C@@]1(O)CC[C@@]2(C)[C@@H](CC[C@@H]3[C@@H]2CC[C@]2(C)[C@@H](C(=O)CBr)CC[C@@H]32)C1.C[C@@]1(O)CC[C@@]2(C)[C@@H](CC[C@@H]3[C@@H]2CC[C@]2(C)[C@@H](C(=O)Cn4cc5ccc(F)cc5n4)CC[C@@H]32)C1.C[C@@]1(O)CC[C@@]2(C)[C@@H](CC[C@@H]3[C@@H]2CC[C@]2(C)[C@@H](C(=O)Cn4ncc5ccc(F)cc54)CC[C@@H]32)C1.Fc1ccc2cn[nH]c2c1. The Kier molecular flexibility index (Phi) is 20.4. The van der Waals surface area contributed by atoms with Crippen LogP contribution in [0.2, 0.25) is 0 Å². The predicted octanol–water partition coefficient (Wildman–Crippen LogP) is 20.0. The first-order valence-electron chi connectivity index (χ1n) is 40.4. The zero-order chi connectivity index (χ0) is 72.8. The number of alkyl halides is 1. The van der Waals surface area contributed by atoms with Crippen molar-refractivity contribution in [2.24, 2.45) is 121 Å². The summed E-state index contributed by atoms with van der Waals surface area (Å²) < 4.78 is 43.3. The Hall–Kier alpha value is -4.77. The summed E-state index contributed by atoms with van der Waals surface area (Å²) in [5.41, 5.74) is 2.12. The summed E-state index contributed by atoms with van der Waals surface area (Å²) >= 11 is 3.43. The van der Waals surface area contributed by atoms with Gasteiger partial charge in [0.1, 0.15) is 29.8 Å². The van der Waals surface area contributed by atoms with Crippen LogP contribution in [0.3, 0.4) is 0 Å². The molecule has 0 amide bonds. The largest absolute Gasteiger partial charge is 0.390 e. The molecule has 568 valence electrons. The molecule has 0 saturated heterocycles. The summed E-state index contributed by atoms with van der Waals surface area (Å²) in [7, 11) is 0. The van der Waals surface area contributed by atoms with Crippen molar-refractivity contribution in [2.45, 2.75) is 273 Å². The highest BCUT2D eigenvalue weighted by Crippen LogP contribution is 2.72. The fourth-order valence-electron chi connectivity index (χ4n) is 27.7. The molecule has 3 aromatic heterocycles. The average Bonchev–Trinajstić information content (AvgIpc) is 1.36. The predicted molar refractivity (Wildman–Crippen MR) is 409 cm³/mol. The van der Waals surface area contributed by atoms with Crippen molar-refractivity contribution in [3.63, 3.8) is 0 Å². The zero-order valence-corrected chi connectivity index (χ0v) is 64.7. The lowest BCUT2D eigenvalue weighted by Crippen LogP contribution is -2.55. The van der Waals surface area contributed by atoms with E-state index in [1.165, 1.54) is 120 Å². The van der Waals surface area contributed by atoms with Crippen molar-refractivity contribution in [3.05, 3.63) is 90.6 Å². The molecule has 12 saturated carbocycles. The summed E-state index contributed by atoms with van der Waals surface area (Å²) in [4.78, 5) is 39.7. The number of H-pyrrole nitrogens is 1. The molecule has 12 aliphatic rings. The number of halogens is 4. The first kappa shape index (κ1) is 76.0. The minimum absolute atomic E-state index is 0. The van der Waals surface area contributed by atoms with E-state index in [4.69, 9.17) is 0 Å². The number of aromatic amines is 1. The first-order chi connectivity index (χ1) is 48.8. The summed E-state index contributed by atoms with van der Waals surface area (Å²) in [6.45, 7) is 21.4. The van der Waals surface area contributed by atoms with E-state index >= 15 is 0 Å². The first-order valence-corrected chi connectivity index (χ1v) is 41.5. The molecule has 0 aliphatic heterocycles. The third-order valence-electron chi connectivity index (χ3n) is 33.3. The topological polar surface area (TPSA) is 176 Å². The van der Waals surface area contributed by atoms with E-state index in [0.29, 0.717) is 79.7 Å². The second-order valence-corrected chi connectivity index (χ2v) is 39.3. The molecular formula is C88H122BrF3N6O6. The molecular weight excluding hydrogens is 1370 g/mol. The molecule has 12 aliphatic carbocycles. The number of hydrogen-bond donors (Lipinski definition) is 4. The van der Waals surface area contributed by atoms with Crippen LogP contribution in [-0.4, -0.2) is 84.6 Å². The molecule has 12 fully saturated rings. The van der Waals surface area contributed by atoms with Crippen LogP contribution in [0.25, 0.3) is 32.7 Å². The van der Waals surface area contributed by atoms with Crippen molar-refractivity contribution in [3.8, 4) is 0 Å². The summed E-state index contributed by atoms with van der Waals surface area (Å²) in [6, 6.07) is 13.8. The number of ketones is 3. The van der Waals surface area contributed by atoms with Crippen LogP contribution in [0.5, 0.6) is 0 Å². The minimum Gasteiger partial charge on any atom is -0.390 e. The molecule has 0 spiro atoms. The van der Waals surface area contributed by atoms with E-state index in [0.717, 1.165) is 147 Å². The van der Waals surface area contributed by atoms with Gasteiger partial charge in [0.2, 0.25) is 0 Å². The van der Waals surface area contributed by atoms with Gasteiger partial charge in [-0.15, -0.1) is 0 Å². The molecule has 104 heavy (non-hydrogen) atoms. The Bertz CT molecular complexity index is 4160. The van der Waals surface area contributed by atoms with Crippen LogP contribution in [0, 0.1) is 139 Å². The third-order valence-corrected chi connectivity index (χ3v) is 33.9. The molecule has 6 aromatic rings. The fourth-order valence-corrected chi connectivity index (χ4v) is 28.1. The molecule has 4 N–H and O–H groups in total. The molecule has 16 heteroatoms. The Balaban J connectivity index is 0.000000124. The molecule has 0 unspecified atom stereocenters. The number of hydrogen-bond acceptors (Lipinski definition) is 9. The fraction of sp³-hybridized carbons (Fsp3) is 0.727. The number of aromatic nitrogens is 6. The van der Waals surface area contributed by atoms with Crippen LogP contribution in [0.15, 0.2) is 73.2 Å². The molecule has 12 nitrogen and oxygen atoms in total. The average molecular weight is 1500 g/mol. The smallest absolute Gasteiger partial charge is 0.157 e. The van der Waals surface area contributed by atoms with Crippen molar-refractivity contribution in [2.75, 3.05) is 5.33 Å². The van der Waals surface area contributed by atoms with Gasteiger partial charge in [0, 0.05) is 46.2 Å². The lowest BCUT2D eigenvalue weighted by molar-refractivity contribution is -0.151. The minimum atomic E-state index is -0.495. The highest BCUT2D eigenvalue weighted by molar-refractivity contribution is 9.09. The van der Waals surface area contributed by atoms with Gasteiger partial charge in [0.15, 0.2) is 11.6 Å². The number of nitrogens with one attached hydrogen (secondary N) is 1. The highest BCUT2D eigenvalue weighted by atomic mass is 79.9. The molecule has 3 aromatic carbocycles. The van der Waals surface area contributed by atoms with Gasteiger partial charge in [-0.05, 0) is 346 Å². The van der Waals surface area contributed by atoms with Crippen molar-refractivity contribution in [1.29, 1.82) is 0 Å². The number of aliphatic hydroxyl groups is 3. The number of carbonyl (C=O) groups is 3. The number of fused-ring (bicyclic) bond motifs is 18. The van der Waals surface area contributed by atoms with Gasteiger partial charge >= 0.3 is 0 Å². The van der Waals surface area contributed by atoms with E-state index in [9.17, 15) is 42.9 Å². The zero-order valence-electron chi connectivity index (χ0n) is 63.1. The second kappa shape index (κ2) is 28.0. The summed E-state index contributed by atoms with van der Waals surface area (Å²) in [5.74, 6) is 9.14. The van der Waals surface area contributed by atoms with E-state index < -0.39 is 16.8 Å². The van der Waals surface area contributed by atoms with Gasteiger partial charge in [0.05, 0.1) is 57.6 Å². The third kappa shape index (κ3) is 13.4. The van der Waals surface area contributed by atoms with Gasteiger partial charge in [-0.25, -0.2) is 13.2 Å². The van der Waals surface area contributed by atoms with Gasteiger partial charge in [0.25, 0.3) is 0 Å². The highest BCUT2D eigenvalue weighted by Gasteiger charge is 2.65. The standard InChI is InChI=1S/2C29H39FN2O2.C22H35BrO2.C7H5FN2.CH4/c1-27(34)12-13-28(2)19(15-27)5-7-21-22-8-9-24(29(22,3)11-10-23(21)28)26(33)17-32-16-18-4-6-20(30)14-25(18)31-32;1-27(34)12-13-28(2)19(15-27)5-7-21-22-8-9-24(29(22,3)11-10-23(21)28)26(33)17-32-25-14-20(30)6-4-18(25)16-31-32;1-20(25)10-11-21(2)14(12-20)4-5-15-16-6-7-18(19(24)13-23)22(16,3)9-8-17(15)21;8-6-2-1-5-4-9-10-7(5)3-6;/h2*4,6,14,16,19,21-24,34H,5,7-13,15,17H2,1-3H3;14-18,25H,4-13H2,1-3H3;1-4H,(H,9,10);1H4/t2*19-,21-,22-,23-,24+,27+,28-,29-;14-,15-,16-,17-,18+,20+,21-,22-;;/m000../s1. The molecule has 0 bridgehead atoms.